The van der Waals surface area contributed by atoms with Crippen LogP contribution in [0.5, 0.6) is 0 Å². The van der Waals surface area contributed by atoms with E-state index in [1.165, 1.54) is 22.9 Å². The van der Waals surface area contributed by atoms with Crippen LogP contribution in [0.1, 0.15) is 37.6 Å². The van der Waals surface area contributed by atoms with Crippen molar-refractivity contribution < 1.29 is 31.8 Å². The molecule has 1 aliphatic carbocycles. The third-order valence-corrected chi connectivity index (χ3v) is 9.98. The van der Waals surface area contributed by atoms with E-state index >= 15 is 0 Å². The van der Waals surface area contributed by atoms with Gasteiger partial charge in [0.2, 0.25) is 10.0 Å². The van der Waals surface area contributed by atoms with E-state index in [9.17, 15) is 27.1 Å². The van der Waals surface area contributed by atoms with Crippen LogP contribution in [0.3, 0.4) is 0 Å². The lowest BCUT2D eigenvalue weighted by molar-refractivity contribution is -0.153. The van der Waals surface area contributed by atoms with E-state index < -0.39 is 33.1 Å². The Morgan fingerprint density at radius 3 is 2.77 bits per heavy atom. The molecule has 12 nitrogen and oxygen atoms in total. The molecule has 3 aromatic heterocycles. The van der Waals surface area contributed by atoms with Gasteiger partial charge in [0.15, 0.2) is 21.8 Å². The molecule has 16 heteroatoms. The minimum Gasteiger partial charge on any atom is -0.394 e. The number of imidazole rings is 1. The van der Waals surface area contributed by atoms with Crippen molar-refractivity contribution in [2.75, 3.05) is 37.7 Å². The van der Waals surface area contributed by atoms with Crippen LogP contribution in [0, 0.1) is 0 Å². The first kappa shape index (κ1) is 26.4. The molecule has 2 aliphatic heterocycles. The number of pyridine rings is 1. The van der Waals surface area contributed by atoms with Crippen LogP contribution in [-0.2, 0) is 19.6 Å². The molecule has 6 rings (SSSR count). The summed E-state index contributed by atoms with van der Waals surface area (Å²) < 4.78 is 63.2. The van der Waals surface area contributed by atoms with Crippen molar-refractivity contribution in [3.8, 4) is 10.7 Å². The highest BCUT2D eigenvalue weighted by Crippen LogP contribution is 2.38. The fourth-order valence-electron chi connectivity index (χ4n) is 4.81. The highest BCUT2D eigenvalue weighted by molar-refractivity contribution is 7.89. The Morgan fingerprint density at radius 1 is 1.33 bits per heavy atom. The second kappa shape index (κ2) is 9.69. The molecule has 0 bridgehead atoms. The number of carbonyl (C=O) groups excluding carboxylic acids is 1. The van der Waals surface area contributed by atoms with Crippen LogP contribution in [-0.4, -0.2) is 94.4 Å². The topological polar surface area (TPSA) is 142 Å². The Kier molecular flexibility index (Phi) is 6.57. The fraction of sp³-hybridized carbons (Fsp3) is 0.565. The van der Waals surface area contributed by atoms with Crippen LogP contribution in [0.25, 0.3) is 16.3 Å². The van der Waals surface area contributed by atoms with Crippen LogP contribution in [0.4, 0.5) is 14.5 Å². The Bertz CT molecular complexity index is 1520. The molecule has 210 valence electrons. The average Bonchev–Trinajstić information content (AvgIpc) is 3.25. The molecule has 2 atom stereocenters. The number of hydrogen-bond acceptors (Lipinski definition) is 10. The number of nitrogens with one attached hydrogen (secondary N) is 1. The summed E-state index contributed by atoms with van der Waals surface area (Å²) in [6.45, 7) is 2.98. The molecule has 3 fully saturated rings. The number of nitrogens with zero attached hydrogens (tertiary/aromatic N) is 6. The van der Waals surface area contributed by atoms with E-state index in [4.69, 9.17) is 4.74 Å². The van der Waals surface area contributed by atoms with Crippen LogP contribution in [0.2, 0.25) is 0 Å². The number of morpholine rings is 1. The van der Waals surface area contributed by atoms with Gasteiger partial charge in [0.1, 0.15) is 10.6 Å². The lowest BCUT2D eigenvalue weighted by Gasteiger charge is -2.43. The lowest BCUT2D eigenvalue weighted by Crippen LogP contribution is -2.59. The van der Waals surface area contributed by atoms with Crippen molar-refractivity contribution in [1.82, 2.24) is 29.2 Å². The number of amides is 1. The second-order valence-corrected chi connectivity index (χ2v) is 13.0. The standard InChI is InChI=1S/C23H27F2N7O5S2/c1-23(3-4-23)29-39(35,36)14-8-15(30-6-7-37-17(11-30)22(34)31-5-2-13(31)12-33)19-26-9-16(32(19)10-14)20-27-28-21(38-20)18(24)25/h8-10,13,17-18,29,33H,2-7,11-12H2,1H3/t13-,17-/m0/s1. The third-order valence-electron chi connectivity index (χ3n) is 7.42. The number of hydrogen-bond donors (Lipinski definition) is 2. The molecule has 1 amide bonds. The van der Waals surface area contributed by atoms with Gasteiger partial charge in [0.25, 0.3) is 12.3 Å². The second-order valence-electron chi connectivity index (χ2n) is 10.3. The van der Waals surface area contributed by atoms with Gasteiger partial charge < -0.3 is 19.6 Å². The van der Waals surface area contributed by atoms with Gasteiger partial charge in [0.05, 0.1) is 37.7 Å². The monoisotopic (exact) mass is 583 g/mol. The predicted molar refractivity (Wildman–Crippen MR) is 136 cm³/mol. The molecule has 39 heavy (non-hydrogen) atoms. The highest BCUT2D eigenvalue weighted by Gasteiger charge is 2.42. The number of carbonyl (C=O) groups is 1. The first-order valence-corrected chi connectivity index (χ1v) is 14.8. The number of aromatic nitrogens is 4. The van der Waals surface area contributed by atoms with Crippen molar-refractivity contribution in [2.45, 2.75) is 55.2 Å². The van der Waals surface area contributed by atoms with Gasteiger partial charge in [-0.25, -0.2) is 26.9 Å². The molecule has 0 aromatic carbocycles. The van der Waals surface area contributed by atoms with Crippen LogP contribution in [0.15, 0.2) is 23.4 Å². The highest BCUT2D eigenvalue weighted by atomic mass is 32.2. The summed E-state index contributed by atoms with van der Waals surface area (Å²) >= 11 is 0.705. The zero-order valence-corrected chi connectivity index (χ0v) is 22.6. The van der Waals surface area contributed by atoms with Gasteiger partial charge in [-0.1, -0.05) is 11.3 Å². The van der Waals surface area contributed by atoms with E-state index in [0.29, 0.717) is 41.5 Å². The smallest absolute Gasteiger partial charge is 0.291 e. The molecule has 3 aliphatic rings. The quantitative estimate of drug-likeness (QED) is 0.403. The maximum absolute atomic E-state index is 13.4. The molecular weight excluding hydrogens is 556 g/mol. The lowest BCUT2D eigenvalue weighted by atomic mass is 10.0. The Hall–Kier alpha value is -2.79. The molecule has 0 radical (unpaired) electrons. The molecule has 0 unspecified atom stereocenters. The molecule has 2 saturated heterocycles. The molecule has 3 aromatic rings. The summed E-state index contributed by atoms with van der Waals surface area (Å²) in [5.41, 5.74) is 0.624. The summed E-state index contributed by atoms with van der Waals surface area (Å²) in [5.74, 6) is -0.231. The first-order chi connectivity index (χ1) is 18.6. The van der Waals surface area contributed by atoms with Gasteiger partial charge >= 0.3 is 0 Å². The van der Waals surface area contributed by atoms with Crippen LogP contribution < -0.4 is 9.62 Å². The van der Waals surface area contributed by atoms with Gasteiger partial charge in [0, 0.05) is 24.8 Å². The SMILES string of the molecule is CC1(NS(=O)(=O)c2cc(N3CCO[C@H](C(=O)N4CC[C@H]4CO)C3)c3ncc(-c4nnc(C(F)F)s4)n3c2)CC1. The number of halogens is 2. The van der Waals surface area contributed by atoms with Crippen LogP contribution >= 0.6 is 11.3 Å². The van der Waals surface area contributed by atoms with Crippen molar-refractivity contribution in [1.29, 1.82) is 0 Å². The summed E-state index contributed by atoms with van der Waals surface area (Å²) in [4.78, 5) is 21.0. The van der Waals surface area contributed by atoms with E-state index in [-0.39, 0.29) is 41.6 Å². The molecule has 2 N–H and O–H groups in total. The summed E-state index contributed by atoms with van der Waals surface area (Å²) in [6.07, 6.45) is 1.41. The largest absolute Gasteiger partial charge is 0.394 e. The minimum absolute atomic E-state index is 0.0339. The van der Waals surface area contributed by atoms with E-state index in [0.717, 1.165) is 19.3 Å². The number of rotatable bonds is 8. The number of fused-ring (bicyclic) bond motifs is 1. The Balaban J connectivity index is 1.40. The van der Waals surface area contributed by atoms with Gasteiger partial charge in [-0.2, -0.15) is 0 Å². The number of aliphatic hydroxyl groups is 1. The summed E-state index contributed by atoms with van der Waals surface area (Å²) in [7, 11) is -3.95. The number of likely N-dealkylation sites (tertiary alicyclic amines) is 1. The fourth-order valence-corrected chi connectivity index (χ4v) is 6.99. The summed E-state index contributed by atoms with van der Waals surface area (Å²) in [5, 5.41) is 16.7. The zero-order chi connectivity index (χ0) is 27.5. The maximum atomic E-state index is 13.4. The number of alkyl halides is 2. The predicted octanol–water partition coefficient (Wildman–Crippen LogP) is 1.42. The molecule has 1 saturated carbocycles. The number of sulfonamides is 1. The Morgan fingerprint density at radius 2 is 2.13 bits per heavy atom. The van der Waals surface area contributed by atoms with Crippen molar-refractivity contribution in [2.24, 2.45) is 0 Å². The first-order valence-electron chi connectivity index (χ1n) is 12.5. The van der Waals surface area contributed by atoms with E-state index in [1.807, 2.05) is 11.8 Å². The molecular formula is C23H27F2N7O5S2. The normalized spacial score (nSPS) is 22.9. The van der Waals surface area contributed by atoms with Crippen molar-refractivity contribution in [3.05, 3.63) is 23.5 Å². The Labute approximate surface area is 226 Å². The van der Waals surface area contributed by atoms with Crippen molar-refractivity contribution in [3.63, 3.8) is 0 Å². The van der Waals surface area contributed by atoms with Gasteiger partial charge in [-0.15, -0.1) is 10.2 Å². The van der Waals surface area contributed by atoms with E-state index in [1.54, 1.807) is 4.90 Å². The van der Waals surface area contributed by atoms with Gasteiger partial charge in [-0.05, 0) is 32.3 Å². The molecule has 0 spiro atoms. The number of aliphatic hydroxyl groups excluding tert-OH is 1. The summed E-state index contributed by atoms with van der Waals surface area (Å²) in [6, 6.07) is 1.28. The molecule has 5 heterocycles. The van der Waals surface area contributed by atoms with Gasteiger partial charge in [-0.3, -0.25) is 9.20 Å². The number of ether oxygens (including phenoxy) is 1. The average molecular weight is 584 g/mol. The van der Waals surface area contributed by atoms with E-state index in [2.05, 4.69) is 19.9 Å². The maximum Gasteiger partial charge on any atom is 0.291 e. The third kappa shape index (κ3) is 4.88. The van der Waals surface area contributed by atoms with Crippen molar-refractivity contribution >= 4 is 38.6 Å². The zero-order valence-electron chi connectivity index (χ0n) is 21.0. The minimum atomic E-state index is -3.95. The number of anilines is 1.